The third-order valence-electron chi connectivity index (χ3n) is 3.73. The summed E-state index contributed by atoms with van der Waals surface area (Å²) in [6.07, 6.45) is 2.66. The molecule has 1 aliphatic rings. The molecule has 2 heterocycles. The lowest BCUT2D eigenvalue weighted by atomic mass is 10.2. The van der Waals surface area contributed by atoms with Crippen molar-refractivity contribution in [2.24, 2.45) is 0 Å². The predicted molar refractivity (Wildman–Crippen MR) is 72.6 cm³/mol. The quantitative estimate of drug-likeness (QED) is 0.858. The van der Waals surface area contributed by atoms with Gasteiger partial charge in [0.05, 0.1) is 11.8 Å². The first-order valence-corrected chi connectivity index (χ1v) is 6.81. The summed E-state index contributed by atoms with van der Waals surface area (Å²) in [4.78, 5) is 27.3. The molecule has 0 saturated carbocycles. The van der Waals surface area contributed by atoms with E-state index in [1.807, 2.05) is 4.90 Å². The van der Waals surface area contributed by atoms with Gasteiger partial charge in [0, 0.05) is 32.4 Å². The maximum Gasteiger partial charge on any atom is 0.338 e. The molecule has 7 nitrogen and oxygen atoms in total. The Labute approximate surface area is 117 Å². The average molecular weight is 280 g/mol. The van der Waals surface area contributed by atoms with Crippen LogP contribution in [-0.2, 0) is 4.79 Å². The number of aromatic carboxylic acids is 1. The Bertz CT molecular complexity index is 492. The van der Waals surface area contributed by atoms with E-state index < -0.39 is 12.0 Å². The summed E-state index contributed by atoms with van der Waals surface area (Å²) in [5.41, 5.74) is 0.0976. The number of rotatable bonds is 4. The minimum absolute atomic E-state index is 0.0132. The lowest BCUT2D eigenvalue weighted by Crippen LogP contribution is -2.50. The van der Waals surface area contributed by atoms with Crippen LogP contribution in [0.15, 0.2) is 12.4 Å². The number of carbonyl (C=O) groups is 2. The lowest BCUT2D eigenvalue weighted by Gasteiger charge is -2.35. The molecule has 1 aromatic rings. The third-order valence-corrected chi connectivity index (χ3v) is 3.73. The first kappa shape index (κ1) is 14.5. The Morgan fingerprint density at radius 2 is 2.00 bits per heavy atom. The number of amides is 1. The maximum absolute atomic E-state index is 12.4. The van der Waals surface area contributed by atoms with E-state index in [0.717, 1.165) is 19.6 Å². The summed E-state index contributed by atoms with van der Waals surface area (Å²) in [6.45, 7) is 8.04. The summed E-state index contributed by atoms with van der Waals surface area (Å²) in [6, 6.07) is -0.476. The van der Waals surface area contributed by atoms with Crippen molar-refractivity contribution in [3.63, 3.8) is 0 Å². The Kier molecular flexibility index (Phi) is 4.39. The van der Waals surface area contributed by atoms with E-state index in [4.69, 9.17) is 5.11 Å². The second kappa shape index (κ2) is 6.04. The molecule has 2 rings (SSSR count). The monoisotopic (exact) mass is 280 g/mol. The predicted octanol–water partition coefficient (Wildman–Crippen LogP) is 0.306. The summed E-state index contributed by atoms with van der Waals surface area (Å²) < 4.78 is 1.41. The van der Waals surface area contributed by atoms with Gasteiger partial charge in [-0.05, 0) is 13.5 Å². The van der Waals surface area contributed by atoms with E-state index in [-0.39, 0.29) is 11.5 Å². The van der Waals surface area contributed by atoms with Crippen molar-refractivity contribution >= 4 is 11.9 Å². The molecule has 1 amide bonds. The topological polar surface area (TPSA) is 78.7 Å². The van der Waals surface area contributed by atoms with E-state index in [9.17, 15) is 9.59 Å². The fourth-order valence-electron chi connectivity index (χ4n) is 2.32. The zero-order chi connectivity index (χ0) is 14.7. The SMILES string of the molecule is CCN1CCN(C(=O)C(C)n2cc(C(=O)O)cn2)CC1. The number of carboxylic acid groups (broad SMARTS) is 1. The molecule has 1 fully saturated rings. The van der Waals surface area contributed by atoms with Crippen LogP contribution in [0.2, 0.25) is 0 Å². The van der Waals surface area contributed by atoms with Crippen molar-refractivity contribution in [2.45, 2.75) is 19.9 Å². The van der Waals surface area contributed by atoms with Crippen molar-refractivity contribution in [1.29, 1.82) is 0 Å². The van der Waals surface area contributed by atoms with E-state index in [2.05, 4.69) is 16.9 Å². The minimum atomic E-state index is -1.03. The van der Waals surface area contributed by atoms with Crippen LogP contribution >= 0.6 is 0 Å². The first-order valence-electron chi connectivity index (χ1n) is 6.81. The van der Waals surface area contributed by atoms with Gasteiger partial charge in [0.25, 0.3) is 0 Å². The van der Waals surface area contributed by atoms with Crippen LogP contribution in [-0.4, -0.2) is 69.3 Å². The number of aromatic nitrogens is 2. The van der Waals surface area contributed by atoms with Gasteiger partial charge in [0.2, 0.25) is 5.91 Å². The average Bonchev–Trinajstić information content (AvgIpc) is 2.96. The van der Waals surface area contributed by atoms with Crippen molar-refractivity contribution in [1.82, 2.24) is 19.6 Å². The second-order valence-electron chi connectivity index (χ2n) is 4.95. The molecule has 20 heavy (non-hydrogen) atoms. The molecule has 1 aromatic heterocycles. The van der Waals surface area contributed by atoms with E-state index in [1.165, 1.54) is 17.1 Å². The molecule has 7 heteroatoms. The van der Waals surface area contributed by atoms with Crippen LogP contribution < -0.4 is 0 Å². The van der Waals surface area contributed by atoms with Gasteiger partial charge in [0.1, 0.15) is 6.04 Å². The van der Waals surface area contributed by atoms with Gasteiger partial charge in [-0.2, -0.15) is 5.10 Å². The number of nitrogens with zero attached hydrogens (tertiary/aromatic N) is 4. The molecular weight excluding hydrogens is 260 g/mol. The summed E-state index contributed by atoms with van der Waals surface area (Å²) >= 11 is 0. The van der Waals surface area contributed by atoms with Crippen molar-refractivity contribution in [3.8, 4) is 0 Å². The first-order chi connectivity index (χ1) is 9.52. The molecule has 1 saturated heterocycles. The highest BCUT2D eigenvalue weighted by molar-refractivity contribution is 5.87. The lowest BCUT2D eigenvalue weighted by molar-refractivity contribution is -0.136. The van der Waals surface area contributed by atoms with Crippen molar-refractivity contribution < 1.29 is 14.7 Å². The summed E-state index contributed by atoms with van der Waals surface area (Å²) in [5, 5.41) is 12.8. The van der Waals surface area contributed by atoms with Gasteiger partial charge in [0.15, 0.2) is 0 Å². The molecule has 1 N–H and O–H groups in total. The highest BCUT2D eigenvalue weighted by atomic mass is 16.4. The maximum atomic E-state index is 12.4. The van der Waals surface area contributed by atoms with E-state index in [0.29, 0.717) is 13.1 Å². The summed E-state index contributed by atoms with van der Waals surface area (Å²) in [7, 11) is 0. The molecule has 110 valence electrons. The third kappa shape index (κ3) is 2.98. The smallest absolute Gasteiger partial charge is 0.338 e. The van der Waals surface area contributed by atoms with Gasteiger partial charge in [-0.15, -0.1) is 0 Å². The largest absolute Gasteiger partial charge is 0.478 e. The number of piperazine rings is 1. The number of hydrogen-bond donors (Lipinski definition) is 1. The van der Waals surface area contributed by atoms with Gasteiger partial charge >= 0.3 is 5.97 Å². The van der Waals surface area contributed by atoms with E-state index in [1.54, 1.807) is 6.92 Å². The second-order valence-corrected chi connectivity index (χ2v) is 4.95. The fourth-order valence-corrected chi connectivity index (χ4v) is 2.32. The molecule has 1 atom stereocenters. The standard InChI is InChI=1S/C13H20N4O3/c1-3-15-4-6-16(7-5-15)12(18)10(2)17-9-11(8-14-17)13(19)20/h8-10H,3-7H2,1-2H3,(H,19,20). The van der Waals surface area contributed by atoms with Crippen LogP contribution in [0.4, 0.5) is 0 Å². The Balaban J connectivity index is 1.99. The highest BCUT2D eigenvalue weighted by Gasteiger charge is 2.26. The number of likely N-dealkylation sites (N-methyl/N-ethyl adjacent to an activating group) is 1. The van der Waals surface area contributed by atoms with Gasteiger partial charge in [-0.3, -0.25) is 9.48 Å². The van der Waals surface area contributed by atoms with Crippen LogP contribution in [0.5, 0.6) is 0 Å². The number of carbonyl (C=O) groups excluding carboxylic acids is 1. The molecule has 0 aromatic carbocycles. The molecule has 0 radical (unpaired) electrons. The normalized spacial score (nSPS) is 18.0. The van der Waals surface area contributed by atoms with Crippen LogP contribution in [0.3, 0.4) is 0 Å². The Morgan fingerprint density at radius 1 is 1.35 bits per heavy atom. The van der Waals surface area contributed by atoms with Gasteiger partial charge in [-0.1, -0.05) is 6.92 Å². The van der Waals surface area contributed by atoms with Crippen molar-refractivity contribution in [3.05, 3.63) is 18.0 Å². The molecule has 1 unspecified atom stereocenters. The zero-order valence-corrected chi connectivity index (χ0v) is 11.8. The molecule has 0 aliphatic carbocycles. The van der Waals surface area contributed by atoms with E-state index >= 15 is 0 Å². The molecular formula is C13H20N4O3. The highest BCUT2D eigenvalue weighted by Crippen LogP contribution is 2.12. The molecule has 0 bridgehead atoms. The van der Waals surface area contributed by atoms with Gasteiger partial charge in [-0.25, -0.2) is 4.79 Å². The number of carboxylic acids is 1. The molecule has 1 aliphatic heterocycles. The van der Waals surface area contributed by atoms with Crippen LogP contribution in [0.25, 0.3) is 0 Å². The Hall–Kier alpha value is -1.89. The Morgan fingerprint density at radius 3 is 2.50 bits per heavy atom. The molecule has 0 spiro atoms. The zero-order valence-electron chi connectivity index (χ0n) is 11.8. The fraction of sp³-hybridized carbons (Fsp3) is 0.615. The van der Waals surface area contributed by atoms with Crippen LogP contribution in [0, 0.1) is 0 Å². The number of hydrogen-bond acceptors (Lipinski definition) is 4. The van der Waals surface area contributed by atoms with Crippen LogP contribution in [0.1, 0.15) is 30.2 Å². The van der Waals surface area contributed by atoms with Crippen molar-refractivity contribution in [2.75, 3.05) is 32.7 Å². The van der Waals surface area contributed by atoms with Gasteiger partial charge < -0.3 is 14.9 Å². The minimum Gasteiger partial charge on any atom is -0.478 e. The summed E-state index contributed by atoms with van der Waals surface area (Å²) in [5.74, 6) is -1.05.